The topological polar surface area (TPSA) is 59.1 Å². The summed E-state index contributed by atoms with van der Waals surface area (Å²) in [5, 5.41) is 0. The zero-order valence-corrected chi connectivity index (χ0v) is 10.1. The molecule has 96 valence electrons. The third-order valence-electron chi connectivity index (χ3n) is 3.22. The molecule has 0 unspecified atom stereocenters. The molecule has 2 heterocycles. The highest BCUT2D eigenvalue weighted by Crippen LogP contribution is 2.20. The third kappa shape index (κ3) is 2.62. The first-order valence-corrected chi connectivity index (χ1v) is 6.07. The summed E-state index contributed by atoms with van der Waals surface area (Å²) in [5.74, 6) is 0. The minimum Gasteiger partial charge on any atom is -0.450 e. The number of ether oxygens (including phenoxy) is 2. The summed E-state index contributed by atoms with van der Waals surface area (Å²) in [4.78, 5) is 26.3. The molecule has 0 N–H and O–H groups in total. The Balaban J connectivity index is 1.81. The van der Waals surface area contributed by atoms with E-state index >= 15 is 0 Å². The van der Waals surface area contributed by atoms with Gasteiger partial charge in [-0.1, -0.05) is 0 Å². The summed E-state index contributed by atoms with van der Waals surface area (Å²) in [6, 6.07) is 0.204. The lowest BCUT2D eigenvalue weighted by molar-refractivity contribution is 0.0826. The molecular weight excluding hydrogens is 224 g/mol. The minimum absolute atomic E-state index is 0.204. The second kappa shape index (κ2) is 5.25. The lowest BCUT2D eigenvalue weighted by atomic mass is 10.0. The Morgan fingerprint density at radius 2 is 2.12 bits per heavy atom. The van der Waals surface area contributed by atoms with Crippen LogP contribution in [0.15, 0.2) is 0 Å². The van der Waals surface area contributed by atoms with E-state index in [9.17, 15) is 9.59 Å². The molecule has 17 heavy (non-hydrogen) atoms. The summed E-state index contributed by atoms with van der Waals surface area (Å²) in [6.07, 6.45) is 1.12. The maximum absolute atomic E-state index is 11.5. The van der Waals surface area contributed by atoms with Crippen LogP contribution in [-0.4, -0.2) is 60.9 Å². The molecule has 2 saturated heterocycles. The van der Waals surface area contributed by atoms with Crippen molar-refractivity contribution in [3.63, 3.8) is 0 Å². The molecule has 0 aliphatic carbocycles. The molecule has 6 heteroatoms. The highest BCUT2D eigenvalue weighted by Gasteiger charge is 2.33. The summed E-state index contributed by atoms with van der Waals surface area (Å²) < 4.78 is 9.86. The maximum Gasteiger partial charge on any atom is 0.410 e. The SMILES string of the molecule is CCOC(=O)N1CCC(N2CCOC2=O)CC1. The van der Waals surface area contributed by atoms with Crippen molar-refractivity contribution in [1.82, 2.24) is 9.80 Å². The molecule has 2 fully saturated rings. The number of likely N-dealkylation sites (tertiary alicyclic amines) is 1. The molecule has 2 aliphatic rings. The van der Waals surface area contributed by atoms with E-state index in [1.54, 1.807) is 16.7 Å². The predicted octanol–water partition coefficient (Wildman–Crippen LogP) is 1.06. The fourth-order valence-electron chi connectivity index (χ4n) is 2.31. The Kier molecular flexibility index (Phi) is 3.71. The number of nitrogens with zero attached hydrogens (tertiary/aromatic N) is 2. The van der Waals surface area contributed by atoms with Crippen LogP contribution in [0, 0.1) is 0 Å². The monoisotopic (exact) mass is 242 g/mol. The van der Waals surface area contributed by atoms with E-state index in [2.05, 4.69) is 0 Å². The van der Waals surface area contributed by atoms with E-state index in [4.69, 9.17) is 9.47 Å². The number of carbonyl (C=O) groups excluding carboxylic acids is 2. The molecule has 2 rings (SSSR count). The van der Waals surface area contributed by atoms with Gasteiger partial charge in [0, 0.05) is 19.1 Å². The average Bonchev–Trinajstić information content (AvgIpc) is 2.76. The lowest BCUT2D eigenvalue weighted by Gasteiger charge is -2.34. The molecule has 0 aromatic carbocycles. The maximum atomic E-state index is 11.5. The Morgan fingerprint density at radius 3 is 2.65 bits per heavy atom. The van der Waals surface area contributed by atoms with E-state index in [1.165, 1.54) is 0 Å². The van der Waals surface area contributed by atoms with Crippen molar-refractivity contribution in [1.29, 1.82) is 0 Å². The van der Waals surface area contributed by atoms with Gasteiger partial charge < -0.3 is 19.3 Å². The van der Waals surface area contributed by atoms with Gasteiger partial charge in [0.1, 0.15) is 6.61 Å². The Hall–Kier alpha value is -1.46. The number of amides is 2. The summed E-state index contributed by atoms with van der Waals surface area (Å²) in [6.45, 7) is 4.64. The largest absolute Gasteiger partial charge is 0.450 e. The van der Waals surface area contributed by atoms with Crippen molar-refractivity contribution in [2.75, 3.05) is 32.8 Å². The number of rotatable bonds is 2. The van der Waals surface area contributed by atoms with Crippen molar-refractivity contribution >= 4 is 12.2 Å². The van der Waals surface area contributed by atoms with Crippen molar-refractivity contribution < 1.29 is 19.1 Å². The zero-order chi connectivity index (χ0) is 12.3. The van der Waals surface area contributed by atoms with Crippen LogP contribution in [0.4, 0.5) is 9.59 Å². The van der Waals surface area contributed by atoms with Gasteiger partial charge in [0.2, 0.25) is 0 Å². The molecule has 0 aromatic heterocycles. The van der Waals surface area contributed by atoms with E-state index in [0.29, 0.717) is 32.8 Å². The van der Waals surface area contributed by atoms with Gasteiger partial charge in [-0.25, -0.2) is 9.59 Å². The van der Waals surface area contributed by atoms with Gasteiger partial charge in [0.15, 0.2) is 0 Å². The first kappa shape index (κ1) is 12.0. The van der Waals surface area contributed by atoms with E-state index in [0.717, 1.165) is 12.8 Å². The van der Waals surface area contributed by atoms with E-state index < -0.39 is 0 Å². The van der Waals surface area contributed by atoms with Gasteiger partial charge in [-0.3, -0.25) is 0 Å². The van der Waals surface area contributed by atoms with Crippen molar-refractivity contribution in [2.45, 2.75) is 25.8 Å². The van der Waals surface area contributed by atoms with E-state index in [1.807, 2.05) is 0 Å². The molecule has 0 atom stereocenters. The lowest BCUT2D eigenvalue weighted by Crippen LogP contribution is -2.47. The zero-order valence-electron chi connectivity index (χ0n) is 10.1. The minimum atomic E-state index is -0.255. The second-order valence-electron chi connectivity index (χ2n) is 4.22. The van der Waals surface area contributed by atoms with Crippen molar-refractivity contribution in [2.24, 2.45) is 0 Å². The van der Waals surface area contributed by atoms with Gasteiger partial charge >= 0.3 is 12.2 Å². The van der Waals surface area contributed by atoms with Crippen molar-refractivity contribution in [3.05, 3.63) is 0 Å². The van der Waals surface area contributed by atoms with Gasteiger partial charge in [0.05, 0.1) is 13.2 Å². The van der Waals surface area contributed by atoms with Gasteiger partial charge in [0.25, 0.3) is 0 Å². The van der Waals surface area contributed by atoms with Crippen LogP contribution >= 0.6 is 0 Å². The van der Waals surface area contributed by atoms with Crippen molar-refractivity contribution in [3.8, 4) is 0 Å². The fraction of sp³-hybridized carbons (Fsp3) is 0.818. The quantitative estimate of drug-likeness (QED) is 0.726. The first-order valence-electron chi connectivity index (χ1n) is 6.07. The molecule has 2 aliphatic heterocycles. The average molecular weight is 242 g/mol. The number of piperidine rings is 1. The Labute approximate surface area is 100 Å². The highest BCUT2D eigenvalue weighted by molar-refractivity contribution is 5.70. The second-order valence-corrected chi connectivity index (χ2v) is 4.22. The molecule has 6 nitrogen and oxygen atoms in total. The standard InChI is InChI=1S/C11H18N2O4/c1-2-16-10(14)12-5-3-9(4-6-12)13-7-8-17-11(13)15/h9H,2-8H2,1H3. The van der Waals surface area contributed by atoms with Crippen LogP contribution in [0.25, 0.3) is 0 Å². The molecular formula is C11H18N2O4. The summed E-state index contributed by atoms with van der Waals surface area (Å²) >= 11 is 0. The Morgan fingerprint density at radius 1 is 1.41 bits per heavy atom. The number of cyclic esters (lactones) is 1. The normalized spacial score (nSPS) is 21.6. The van der Waals surface area contributed by atoms with E-state index in [-0.39, 0.29) is 18.2 Å². The highest BCUT2D eigenvalue weighted by atomic mass is 16.6. The van der Waals surface area contributed by atoms with Crippen LogP contribution in [0.1, 0.15) is 19.8 Å². The summed E-state index contributed by atoms with van der Waals surface area (Å²) in [7, 11) is 0. The number of carbonyl (C=O) groups is 2. The molecule has 0 saturated carbocycles. The molecule has 0 spiro atoms. The van der Waals surface area contributed by atoms with Crippen LogP contribution in [-0.2, 0) is 9.47 Å². The van der Waals surface area contributed by atoms with Crippen LogP contribution in [0.2, 0.25) is 0 Å². The smallest absolute Gasteiger partial charge is 0.410 e. The molecule has 0 bridgehead atoms. The van der Waals surface area contributed by atoms with Gasteiger partial charge in [-0.15, -0.1) is 0 Å². The third-order valence-corrected chi connectivity index (χ3v) is 3.22. The van der Waals surface area contributed by atoms with Crippen LogP contribution in [0.3, 0.4) is 0 Å². The van der Waals surface area contributed by atoms with Gasteiger partial charge in [-0.2, -0.15) is 0 Å². The number of hydrogen-bond donors (Lipinski definition) is 0. The summed E-state index contributed by atoms with van der Waals surface area (Å²) in [5.41, 5.74) is 0. The van der Waals surface area contributed by atoms with Crippen LogP contribution in [0.5, 0.6) is 0 Å². The molecule has 2 amide bonds. The molecule has 0 aromatic rings. The first-order chi connectivity index (χ1) is 8.22. The molecule has 0 radical (unpaired) electrons. The van der Waals surface area contributed by atoms with Gasteiger partial charge in [-0.05, 0) is 19.8 Å². The number of hydrogen-bond acceptors (Lipinski definition) is 4. The fourth-order valence-corrected chi connectivity index (χ4v) is 2.31. The van der Waals surface area contributed by atoms with Crippen LogP contribution < -0.4 is 0 Å². The predicted molar refractivity (Wildman–Crippen MR) is 59.7 cm³/mol. The Bertz CT molecular complexity index is 300.